The fourth-order valence-corrected chi connectivity index (χ4v) is 5.18. The number of halogens is 3. The number of ether oxygens (including phenoxy) is 1. The summed E-state index contributed by atoms with van der Waals surface area (Å²) in [6.07, 6.45) is 0. The molecule has 0 atom stereocenters. The Balaban J connectivity index is 1.73. The first-order valence-corrected chi connectivity index (χ1v) is 12.6. The van der Waals surface area contributed by atoms with E-state index in [-0.39, 0.29) is 18.0 Å². The van der Waals surface area contributed by atoms with Gasteiger partial charge in [0.25, 0.3) is 0 Å². The van der Waals surface area contributed by atoms with E-state index in [1.807, 2.05) is 0 Å². The van der Waals surface area contributed by atoms with E-state index in [0.29, 0.717) is 46.9 Å². The Labute approximate surface area is 203 Å². The number of hydrogen-bond acceptors (Lipinski definition) is 5. The highest BCUT2D eigenvalue weighted by atomic mass is 35.5. The summed E-state index contributed by atoms with van der Waals surface area (Å²) >= 11 is 18.1. The van der Waals surface area contributed by atoms with E-state index in [9.17, 15) is 13.2 Å². The summed E-state index contributed by atoms with van der Waals surface area (Å²) in [5, 5.41) is 3.97. The second-order valence-electron chi connectivity index (χ2n) is 7.27. The molecule has 0 spiro atoms. The Morgan fingerprint density at radius 1 is 1.03 bits per heavy atom. The molecular formula is C21H24Cl3N3O4S. The first kappa shape index (κ1) is 25.2. The van der Waals surface area contributed by atoms with E-state index in [1.54, 1.807) is 12.1 Å². The second-order valence-corrected chi connectivity index (χ2v) is 10.5. The van der Waals surface area contributed by atoms with Gasteiger partial charge in [-0.2, -0.15) is 4.31 Å². The molecule has 1 aliphatic rings. The Kier molecular flexibility index (Phi) is 9.19. The van der Waals surface area contributed by atoms with Crippen molar-refractivity contribution in [2.75, 3.05) is 45.9 Å². The molecule has 2 aromatic carbocycles. The van der Waals surface area contributed by atoms with Crippen LogP contribution in [0.3, 0.4) is 0 Å². The van der Waals surface area contributed by atoms with Crippen molar-refractivity contribution in [3.8, 4) is 0 Å². The first-order chi connectivity index (χ1) is 15.3. The first-order valence-electron chi connectivity index (χ1n) is 10.0. The van der Waals surface area contributed by atoms with Gasteiger partial charge in [0.15, 0.2) is 0 Å². The number of carbonyl (C=O) groups is 1. The molecule has 1 heterocycles. The lowest BCUT2D eigenvalue weighted by Gasteiger charge is -2.27. The third-order valence-electron chi connectivity index (χ3n) is 4.99. The van der Waals surface area contributed by atoms with Crippen molar-refractivity contribution in [1.29, 1.82) is 0 Å². The summed E-state index contributed by atoms with van der Waals surface area (Å²) in [6, 6.07) is 10.6. The number of amides is 1. The van der Waals surface area contributed by atoms with E-state index in [0.717, 1.165) is 17.4 Å². The molecule has 0 unspecified atom stereocenters. The predicted octanol–water partition coefficient (Wildman–Crippen LogP) is 3.29. The van der Waals surface area contributed by atoms with Crippen molar-refractivity contribution in [2.24, 2.45) is 0 Å². The second kappa shape index (κ2) is 11.7. The highest BCUT2D eigenvalue weighted by Gasteiger charge is 2.27. The summed E-state index contributed by atoms with van der Waals surface area (Å²) in [7, 11) is -3.99. The Bertz CT molecular complexity index is 1030. The van der Waals surface area contributed by atoms with Gasteiger partial charge in [-0.3, -0.25) is 9.69 Å². The SMILES string of the molecule is O=C(CN(Cc1ccc(Cl)cc1Cl)S(=O)(=O)c1ccc(Cl)cc1)NCCN1CCOCC1. The van der Waals surface area contributed by atoms with Crippen LogP contribution in [0.4, 0.5) is 0 Å². The van der Waals surface area contributed by atoms with Gasteiger partial charge in [-0.25, -0.2) is 8.42 Å². The molecule has 1 saturated heterocycles. The molecule has 32 heavy (non-hydrogen) atoms. The number of nitrogens with one attached hydrogen (secondary N) is 1. The molecule has 0 radical (unpaired) electrons. The maximum atomic E-state index is 13.3. The van der Waals surface area contributed by atoms with Gasteiger partial charge in [0.1, 0.15) is 0 Å². The fourth-order valence-electron chi connectivity index (χ4n) is 3.22. The van der Waals surface area contributed by atoms with Crippen LogP contribution in [-0.4, -0.2) is 69.5 Å². The lowest BCUT2D eigenvalue weighted by atomic mass is 10.2. The molecule has 1 N–H and O–H groups in total. The standard InChI is InChI=1S/C21H24Cl3N3O4S/c22-17-3-5-19(6-4-17)32(29,30)27(14-16-1-2-18(23)13-20(16)24)15-21(28)25-7-8-26-9-11-31-12-10-26/h1-6,13H,7-12,14-15H2,(H,25,28). The van der Waals surface area contributed by atoms with Crippen molar-refractivity contribution < 1.29 is 17.9 Å². The number of rotatable bonds is 9. The van der Waals surface area contributed by atoms with Crippen LogP contribution in [0.2, 0.25) is 15.1 Å². The summed E-state index contributed by atoms with van der Waals surface area (Å²) in [5.41, 5.74) is 0.537. The molecule has 0 aliphatic carbocycles. The van der Waals surface area contributed by atoms with Gasteiger partial charge in [0.05, 0.1) is 24.7 Å². The predicted molar refractivity (Wildman–Crippen MR) is 126 cm³/mol. The van der Waals surface area contributed by atoms with E-state index in [4.69, 9.17) is 39.5 Å². The van der Waals surface area contributed by atoms with Gasteiger partial charge in [-0.05, 0) is 42.0 Å². The average Bonchev–Trinajstić information content (AvgIpc) is 2.76. The topological polar surface area (TPSA) is 79.0 Å². The van der Waals surface area contributed by atoms with Crippen molar-refractivity contribution in [2.45, 2.75) is 11.4 Å². The van der Waals surface area contributed by atoms with Crippen molar-refractivity contribution in [1.82, 2.24) is 14.5 Å². The summed E-state index contributed by atoms with van der Waals surface area (Å²) < 4.78 is 33.0. The van der Waals surface area contributed by atoms with Gasteiger partial charge in [-0.1, -0.05) is 40.9 Å². The minimum Gasteiger partial charge on any atom is -0.379 e. The van der Waals surface area contributed by atoms with Crippen LogP contribution in [-0.2, 0) is 26.1 Å². The van der Waals surface area contributed by atoms with Gasteiger partial charge in [0, 0.05) is 47.8 Å². The van der Waals surface area contributed by atoms with Crippen LogP contribution in [0.5, 0.6) is 0 Å². The summed E-state index contributed by atoms with van der Waals surface area (Å²) in [5.74, 6) is -0.402. The fraction of sp³-hybridized carbons (Fsp3) is 0.381. The zero-order chi connectivity index (χ0) is 23.1. The molecule has 1 fully saturated rings. The Morgan fingerprint density at radius 3 is 2.34 bits per heavy atom. The van der Waals surface area contributed by atoms with Crippen LogP contribution >= 0.6 is 34.8 Å². The highest BCUT2D eigenvalue weighted by Crippen LogP contribution is 2.25. The smallest absolute Gasteiger partial charge is 0.243 e. The lowest BCUT2D eigenvalue weighted by molar-refractivity contribution is -0.121. The van der Waals surface area contributed by atoms with E-state index in [2.05, 4.69) is 10.2 Å². The molecule has 3 rings (SSSR count). The molecule has 2 aromatic rings. The number of nitrogens with zero attached hydrogens (tertiary/aromatic N) is 2. The maximum Gasteiger partial charge on any atom is 0.243 e. The van der Waals surface area contributed by atoms with Crippen LogP contribution in [0.1, 0.15) is 5.56 Å². The third kappa shape index (κ3) is 7.05. The number of benzene rings is 2. The maximum absolute atomic E-state index is 13.3. The zero-order valence-corrected chi connectivity index (χ0v) is 20.4. The molecule has 0 saturated carbocycles. The van der Waals surface area contributed by atoms with Crippen molar-refractivity contribution in [3.05, 3.63) is 63.1 Å². The van der Waals surface area contributed by atoms with Crippen LogP contribution in [0, 0.1) is 0 Å². The number of morpholine rings is 1. The minimum atomic E-state index is -3.99. The summed E-state index contributed by atoms with van der Waals surface area (Å²) in [6.45, 7) is 3.60. The molecule has 11 heteroatoms. The monoisotopic (exact) mass is 519 g/mol. The zero-order valence-electron chi connectivity index (χ0n) is 17.3. The van der Waals surface area contributed by atoms with Gasteiger partial charge < -0.3 is 10.1 Å². The van der Waals surface area contributed by atoms with E-state index < -0.39 is 15.9 Å². The molecule has 1 amide bonds. The number of sulfonamides is 1. The van der Waals surface area contributed by atoms with Crippen LogP contribution in [0.15, 0.2) is 47.4 Å². The minimum absolute atomic E-state index is 0.0353. The summed E-state index contributed by atoms with van der Waals surface area (Å²) in [4.78, 5) is 14.8. The molecule has 174 valence electrons. The molecule has 1 aliphatic heterocycles. The third-order valence-corrected chi connectivity index (χ3v) is 7.63. The van der Waals surface area contributed by atoms with Crippen molar-refractivity contribution >= 4 is 50.7 Å². The Morgan fingerprint density at radius 2 is 1.69 bits per heavy atom. The van der Waals surface area contributed by atoms with Gasteiger partial charge >= 0.3 is 0 Å². The van der Waals surface area contributed by atoms with Crippen LogP contribution in [0.25, 0.3) is 0 Å². The average molecular weight is 521 g/mol. The molecule has 0 bridgehead atoms. The molecule has 0 aromatic heterocycles. The van der Waals surface area contributed by atoms with Crippen molar-refractivity contribution in [3.63, 3.8) is 0 Å². The normalized spacial score (nSPS) is 15.1. The largest absolute Gasteiger partial charge is 0.379 e. The molecular weight excluding hydrogens is 497 g/mol. The number of carbonyl (C=O) groups excluding carboxylic acids is 1. The lowest BCUT2D eigenvalue weighted by Crippen LogP contribution is -2.44. The molecule has 7 nitrogen and oxygen atoms in total. The van der Waals surface area contributed by atoms with Gasteiger partial charge in [0.2, 0.25) is 15.9 Å². The highest BCUT2D eigenvalue weighted by molar-refractivity contribution is 7.89. The van der Waals surface area contributed by atoms with Gasteiger partial charge in [-0.15, -0.1) is 0 Å². The Hall–Kier alpha value is -1.39. The van der Waals surface area contributed by atoms with E-state index in [1.165, 1.54) is 30.3 Å². The number of hydrogen-bond donors (Lipinski definition) is 1. The van der Waals surface area contributed by atoms with Crippen LogP contribution < -0.4 is 5.32 Å². The quantitative estimate of drug-likeness (QED) is 0.549. The van der Waals surface area contributed by atoms with E-state index >= 15 is 0 Å².